The summed E-state index contributed by atoms with van der Waals surface area (Å²) in [5.41, 5.74) is 6.33. The summed E-state index contributed by atoms with van der Waals surface area (Å²) in [6.45, 7) is 3.85. The Balaban J connectivity index is 1.63. The molecule has 0 bridgehead atoms. The van der Waals surface area contributed by atoms with Crippen molar-refractivity contribution in [3.05, 3.63) is 78.4 Å². The van der Waals surface area contributed by atoms with Crippen LogP contribution in [0.2, 0.25) is 0 Å². The maximum Gasteiger partial charge on any atom is 0.288 e. The zero-order chi connectivity index (χ0) is 19.2. The number of carbonyl (C=O) groups is 2. The van der Waals surface area contributed by atoms with E-state index in [4.69, 9.17) is 4.74 Å². The zero-order valence-corrected chi connectivity index (χ0v) is 15.0. The van der Waals surface area contributed by atoms with E-state index < -0.39 is 11.8 Å². The maximum absolute atomic E-state index is 12.4. The van der Waals surface area contributed by atoms with E-state index in [1.165, 1.54) is 6.20 Å². The van der Waals surface area contributed by atoms with Gasteiger partial charge in [0.25, 0.3) is 11.8 Å². The standard InChI is InChI=1S/C20H20N4O3/c1-14(2)27-17-10-8-15(9-11-17)19(25)22-23-20(26)18-12-21-13-24(18)16-6-4-3-5-7-16/h3-14H,1-2H3,(H,22,25)(H,23,26). The van der Waals surface area contributed by atoms with Crippen LogP contribution in [0, 0.1) is 0 Å². The molecule has 0 saturated heterocycles. The minimum Gasteiger partial charge on any atom is -0.491 e. The van der Waals surface area contributed by atoms with Crippen LogP contribution in [0.25, 0.3) is 5.69 Å². The molecule has 0 saturated carbocycles. The molecule has 2 aromatic carbocycles. The van der Waals surface area contributed by atoms with Crippen molar-refractivity contribution in [2.24, 2.45) is 0 Å². The van der Waals surface area contributed by atoms with Crippen molar-refractivity contribution in [3.63, 3.8) is 0 Å². The van der Waals surface area contributed by atoms with Crippen molar-refractivity contribution < 1.29 is 14.3 Å². The van der Waals surface area contributed by atoms with Gasteiger partial charge in [0, 0.05) is 11.3 Å². The van der Waals surface area contributed by atoms with Crippen LogP contribution in [0.3, 0.4) is 0 Å². The van der Waals surface area contributed by atoms with Crippen LogP contribution in [-0.4, -0.2) is 27.5 Å². The number of carbonyl (C=O) groups excluding carboxylic acids is 2. The van der Waals surface area contributed by atoms with Crippen molar-refractivity contribution in [1.29, 1.82) is 0 Å². The minimum atomic E-state index is -0.468. The van der Waals surface area contributed by atoms with Crippen LogP contribution in [0.5, 0.6) is 5.75 Å². The Morgan fingerprint density at radius 1 is 0.963 bits per heavy atom. The molecule has 7 heteroatoms. The molecule has 3 rings (SSSR count). The Kier molecular flexibility index (Phi) is 5.51. The molecule has 0 aliphatic carbocycles. The fourth-order valence-corrected chi connectivity index (χ4v) is 2.46. The van der Waals surface area contributed by atoms with Crippen molar-refractivity contribution >= 4 is 11.8 Å². The third-order valence-electron chi connectivity index (χ3n) is 3.68. The van der Waals surface area contributed by atoms with E-state index in [9.17, 15) is 9.59 Å². The molecule has 0 radical (unpaired) electrons. The lowest BCUT2D eigenvalue weighted by molar-refractivity contribution is 0.0843. The van der Waals surface area contributed by atoms with Gasteiger partial charge in [0.1, 0.15) is 11.4 Å². The first-order valence-corrected chi connectivity index (χ1v) is 8.50. The maximum atomic E-state index is 12.4. The first kappa shape index (κ1) is 18.2. The molecule has 0 atom stereocenters. The molecule has 0 unspecified atom stereocenters. The van der Waals surface area contributed by atoms with Crippen molar-refractivity contribution in [3.8, 4) is 11.4 Å². The summed E-state index contributed by atoms with van der Waals surface area (Å²) in [7, 11) is 0. The largest absolute Gasteiger partial charge is 0.491 e. The number of para-hydroxylation sites is 1. The fourth-order valence-electron chi connectivity index (χ4n) is 2.46. The Morgan fingerprint density at radius 3 is 2.30 bits per heavy atom. The highest BCUT2D eigenvalue weighted by Gasteiger charge is 2.14. The van der Waals surface area contributed by atoms with Gasteiger partial charge in [-0.15, -0.1) is 0 Å². The zero-order valence-electron chi connectivity index (χ0n) is 15.0. The van der Waals surface area contributed by atoms with Gasteiger partial charge in [-0.25, -0.2) is 4.98 Å². The predicted molar refractivity (Wildman–Crippen MR) is 101 cm³/mol. The average Bonchev–Trinajstić information content (AvgIpc) is 3.16. The second-order valence-corrected chi connectivity index (χ2v) is 6.08. The molecule has 7 nitrogen and oxygen atoms in total. The number of hydrogen-bond donors (Lipinski definition) is 2. The number of imidazole rings is 1. The van der Waals surface area contributed by atoms with Crippen LogP contribution in [0.1, 0.15) is 34.7 Å². The summed E-state index contributed by atoms with van der Waals surface area (Å²) in [5.74, 6) is -0.216. The van der Waals surface area contributed by atoms with Gasteiger partial charge in [-0.2, -0.15) is 0 Å². The van der Waals surface area contributed by atoms with E-state index in [-0.39, 0.29) is 6.10 Å². The summed E-state index contributed by atoms with van der Waals surface area (Å²) < 4.78 is 7.18. The lowest BCUT2D eigenvalue weighted by Crippen LogP contribution is -2.42. The van der Waals surface area contributed by atoms with Crippen LogP contribution in [0.4, 0.5) is 0 Å². The van der Waals surface area contributed by atoms with Crippen LogP contribution in [-0.2, 0) is 0 Å². The highest BCUT2D eigenvalue weighted by molar-refractivity contribution is 5.98. The molecule has 27 heavy (non-hydrogen) atoms. The number of ether oxygens (including phenoxy) is 1. The molecule has 0 spiro atoms. The minimum absolute atomic E-state index is 0.0541. The number of nitrogens with one attached hydrogen (secondary N) is 2. The number of nitrogens with zero attached hydrogens (tertiary/aromatic N) is 2. The van der Waals surface area contributed by atoms with Crippen molar-refractivity contribution in [2.75, 3.05) is 0 Å². The molecule has 0 aliphatic heterocycles. The molecular weight excluding hydrogens is 344 g/mol. The smallest absolute Gasteiger partial charge is 0.288 e. The normalized spacial score (nSPS) is 10.5. The molecule has 0 fully saturated rings. The fraction of sp³-hybridized carbons (Fsp3) is 0.150. The second kappa shape index (κ2) is 8.18. The average molecular weight is 364 g/mol. The van der Waals surface area contributed by atoms with Gasteiger partial charge in [-0.1, -0.05) is 18.2 Å². The SMILES string of the molecule is CC(C)Oc1ccc(C(=O)NNC(=O)c2cncn2-c2ccccc2)cc1. The van der Waals surface area contributed by atoms with Crippen LogP contribution in [0.15, 0.2) is 67.1 Å². The molecule has 138 valence electrons. The number of amides is 2. The lowest BCUT2D eigenvalue weighted by Gasteiger charge is -2.11. The number of hydrazine groups is 1. The van der Waals surface area contributed by atoms with E-state index in [0.717, 1.165) is 5.69 Å². The summed E-state index contributed by atoms with van der Waals surface area (Å²) in [5, 5.41) is 0. The third kappa shape index (κ3) is 4.52. The van der Waals surface area contributed by atoms with E-state index in [0.29, 0.717) is 17.0 Å². The molecule has 2 N–H and O–H groups in total. The Morgan fingerprint density at radius 2 is 1.63 bits per heavy atom. The topological polar surface area (TPSA) is 85.2 Å². The summed E-state index contributed by atoms with van der Waals surface area (Å²) in [4.78, 5) is 28.6. The van der Waals surface area contributed by atoms with Gasteiger partial charge >= 0.3 is 0 Å². The van der Waals surface area contributed by atoms with Crippen LogP contribution < -0.4 is 15.6 Å². The predicted octanol–water partition coefficient (Wildman–Crippen LogP) is 2.73. The van der Waals surface area contributed by atoms with Gasteiger partial charge in [0.2, 0.25) is 0 Å². The Labute approximate surface area is 157 Å². The summed E-state index contributed by atoms with van der Waals surface area (Å²) >= 11 is 0. The molecule has 1 aromatic heterocycles. The van der Waals surface area contributed by atoms with E-state index in [1.807, 2.05) is 44.2 Å². The number of aromatic nitrogens is 2. The highest BCUT2D eigenvalue weighted by Crippen LogP contribution is 2.14. The Bertz CT molecular complexity index is 918. The third-order valence-corrected chi connectivity index (χ3v) is 3.68. The molecule has 3 aromatic rings. The highest BCUT2D eigenvalue weighted by atomic mass is 16.5. The number of hydrogen-bond acceptors (Lipinski definition) is 4. The number of rotatable bonds is 5. The van der Waals surface area contributed by atoms with Gasteiger partial charge < -0.3 is 4.74 Å². The quantitative estimate of drug-likeness (QED) is 0.682. The monoisotopic (exact) mass is 364 g/mol. The van der Waals surface area contributed by atoms with Crippen molar-refractivity contribution in [1.82, 2.24) is 20.4 Å². The van der Waals surface area contributed by atoms with E-state index in [1.54, 1.807) is 35.2 Å². The molecule has 1 heterocycles. The van der Waals surface area contributed by atoms with Crippen LogP contribution >= 0.6 is 0 Å². The van der Waals surface area contributed by atoms with Gasteiger partial charge in [0.15, 0.2) is 0 Å². The molecule has 2 amide bonds. The van der Waals surface area contributed by atoms with Crippen molar-refractivity contribution in [2.45, 2.75) is 20.0 Å². The molecular formula is C20H20N4O3. The Hall–Kier alpha value is -3.61. The first-order chi connectivity index (χ1) is 13.0. The first-order valence-electron chi connectivity index (χ1n) is 8.50. The van der Waals surface area contributed by atoms with E-state index >= 15 is 0 Å². The summed E-state index contributed by atoms with van der Waals surface area (Å²) in [6.07, 6.45) is 3.03. The van der Waals surface area contributed by atoms with Gasteiger partial charge in [0.05, 0.1) is 18.6 Å². The lowest BCUT2D eigenvalue weighted by atomic mass is 10.2. The second-order valence-electron chi connectivity index (χ2n) is 6.08. The van der Waals surface area contributed by atoms with Gasteiger partial charge in [-0.3, -0.25) is 25.0 Å². The number of benzene rings is 2. The molecule has 0 aliphatic rings. The van der Waals surface area contributed by atoms with Gasteiger partial charge in [-0.05, 0) is 50.2 Å². The van der Waals surface area contributed by atoms with E-state index in [2.05, 4.69) is 15.8 Å². The summed E-state index contributed by atoms with van der Waals surface area (Å²) in [6, 6.07) is 16.0.